The Balaban J connectivity index is 1.62. The van der Waals surface area contributed by atoms with E-state index in [1.165, 1.54) is 12.1 Å². The molecule has 0 saturated carbocycles. The van der Waals surface area contributed by atoms with E-state index in [2.05, 4.69) is 4.72 Å². The van der Waals surface area contributed by atoms with Crippen LogP contribution in [0.4, 0.5) is 0 Å². The Labute approximate surface area is 184 Å². The van der Waals surface area contributed by atoms with Gasteiger partial charge in [-0.3, -0.25) is 14.5 Å². The number of carbonyl (C=O) groups excluding carboxylic acids is 2. The Kier molecular flexibility index (Phi) is 8.04. The summed E-state index contributed by atoms with van der Waals surface area (Å²) in [5, 5.41) is 0. The summed E-state index contributed by atoms with van der Waals surface area (Å²) in [7, 11) is -0.266. The van der Waals surface area contributed by atoms with E-state index < -0.39 is 10.0 Å². The summed E-state index contributed by atoms with van der Waals surface area (Å²) in [5.74, 6) is -0.162. The van der Waals surface area contributed by atoms with Gasteiger partial charge in [-0.05, 0) is 37.5 Å². The molecule has 2 saturated heterocycles. The first kappa shape index (κ1) is 23.6. The van der Waals surface area contributed by atoms with Crippen LogP contribution in [0.1, 0.15) is 29.6 Å². The molecule has 1 atom stereocenters. The molecule has 2 heterocycles. The normalized spacial score (nSPS) is 20.5. The van der Waals surface area contributed by atoms with Gasteiger partial charge in [0.05, 0.1) is 17.5 Å². The van der Waals surface area contributed by atoms with Crippen LogP contribution in [-0.4, -0.2) is 101 Å². The number of nitrogens with one attached hydrogen (secondary N) is 1. The highest BCUT2D eigenvalue weighted by Crippen LogP contribution is 2.16. The van der Waals surface area contributed by atoms with Gasteiger partial charge in [-0.1, -0.05) is 6.07 Å². The van der Waals surface area contributed by atoms with E-state index in [-0.39, 0.29) is 29.4 Å². The second kappa shape index (κ2) is 10.5. The Morgan fingerprint density at radius 2 is 1.97 bits per heavy atom. The van der Waals surface area contributed by atoms with Crippen LogP contribution in [0.3, 0.4) is 0 Å². The van der Waals surface area contributed by atoms with Gasteiger partial charge in [-0.15, -0.1) is 0 Å². The fourth-order valence-electron chi connectivity index (χ4n) is 3.74. The molecule has 1 N–H and O–H groups in total. The third kappa shape index (κ3) is 6.49. The lowest BCUT2D eigenvalue weighted by atomic mass is 10.2. The summed E-state index contributed by atoms with van der Waals surface area (Å²) in [5.41, 5.74) is 0.345. The van der Waals surface area contributed by atoms with E-state index in [0.717, 1.165) is 25.8 Å². The van der Waals surface area contributed by atoms with Crippen LogP contribution in [0.2, 0.25) is 0 Å². The fourth-order valence-corrected chi connectivity index (χ4v) is 4.85. The van der Waals surface area contributed by atoms with Crippen LogP contribution < -0.4 is 4.72 Å². The molecule has 10 heteroatoms. The van der Waals surface area contributed by atoms with Gasteiger partial charge in [0, 0.05) is 59.0 Å². The van der Waals surface area contributed by atoms with Crippen molar-refractivity contribution >= 4 is 21.8 Å². The van der Waals surface area contributed by atoms with Crippen molar-refractivity contribution in [1.82, 2.24) is 19.4 Å². The molecule has 0 radical (unpaired) electrons. The molecular formula is C21H32N4O5S. The quantitative estimate of drug-likeness (QED) is 0.642. The first-order valence-electron chi connectivity index (χ1n) is 10.7. The molecule has 0 bridgehead atoms. The van der Waals surface area contributed by atoms with Crippen molar-refractivity contribution in [1.29, 1.82) is 0 Å². The van der Waals surface area contributed by atoms with Gasteiger partial charge >= 0.3 is 0 Å². The number of carbonyl (C=O) groups is 2. The summed E-state index contributed by atoms with van der Waals surface area (Å²) < 4.78 is 33.4. The largest absolute Gasteiger partial charge is 0.377 e. The number of rotatable bonds is 7. The third-order valence-electron chi connectivity index (χ3n) is 5.65. The Bertz CT molecular complexity index is 884. The van der Waals surface area contributed by atoms with Gasteiger partial charge < -0.3 is 14.5 Å². The lowest BCUT2D eigenvalue weighted by Gasteiger charge is -2.23. The lowest BCUT2D eigenvalue weighted by molar-refractivity contribution is -0.129. The fraction of sp³-hybridized carbons (Fsp3) is 0.619. The highest BCUT2D eigenvalue weighted by atomic mass is 32.2. The summed E-state index contributed by atoms with van der Waals surface area (Å²) >= 11 is 0. The van der Waals surface area contributed by atoms with Crippen molar-refractivity contribution in [2.24, 2.45) is 0 Å². The minimum atomic E-state index is -3.72. The molecule has 1 unspecified atom stereocenters. The molecule has 9 nitrogen and oxygen atoms in total. The number of ether oxygens (including phenoxy) is 1. The van der Waals surface area contributed by atoms with Crippen molar-refractivity contribution < 1.29 is 22.7 Å². The van der Waals surface area contributed by atoms with Gasteiger partial charge in [0.15, 0.2) is 0 Å². The van der Waals surface area contributed by atoms with E-state index in [1.54, 1.807) is 36.0 Å². The molecule has 0 spiro atoms. The zero-order chi connectivity index (χ0) is 22.4. The van der Waals surface area contributed by atoms with E-state index in [4.69, 9.17) is 4.74 Å². The lowest BCUT2D eigenvalue weighted by Crippen LogP contribution is -2.39. The monoisotopic (exact) mass is 452 g/mol. The minimum absolute atomic E-state index is 0.0354. The molecule has 0 aliphatic carbocycles. The molecule has 2 fully saturated rings. The maximum Gasteiger partial charge on any atom is 0.253 e. The summed E-state index contributed by atoms with van der Waals surface area (Å²) in [4.78, 5) is 30.4. The van der Waals surface area contributed by atoms with Crippen LogP contribution in [0, 0.1) is 0 Å². The highest BCUT2D eigenvalue weighted by Gasteiger charge is 2.24. The van der Waals surface area contributed by atoms with Gasteiger partial charge in [0.1, 0.15) is 0 Å². The Morgan fingerprint density at radius 1 is 1.16 bits per heavy atom. The maximum atomic E-state index is 13.0. The van der Waals surface area contributed by atoms with E-state index in [0.29, 0.717) is 38.3 Å². The second-order valence-corrected chi connectivity index (χ2v) is 9.99. The van der Waals surface area contributed by atoms with E-state index >= 15 is 0 Å². The average Bonchev–Trinajstić information content (AvgIpc) is 3.17. The smallest absolute Gasteiger partial charge is 0.253 e. The first-order chi connectivity index (χ1) is 14.8. The molecule has 2 aliphatic heterocycles. The van der Waals surface area contributed by atoms with Crippen molar-refractivity contribution in [3.05, 3.63) is 29.8 Å². The average molecular weight is 453 g/mol. The van der Waals surface area contributed by atoms with E-state index in [9.17, 15) is 18.0 Å². The third-order valence-corrected chi connectivity index (χ3v) is 7.07. The molecule has 172 valence electrons. The molecule has 2 amide bonds. The zero-order valence-electron chi connectivity index (χ0n) is 18.2. The van der Waals surface area contributed by atoms with Crippen LogP contribution in [0.15, 0.2) is 29.2 Å². The molecule has 1 aromatic carbocycles. The summed E-state index contributed by atoms with van der Waals surface area (Å²) in [6.45, 7) is 3.63. The standard InChI is InChI=1S/C21H32N4O5S/c1-23(2)20(26)16-24-9-5-10-25(12-11-24)21(27)17-6-3-8-19(14-17)31(28,29)22-15-18-7-4-13-30-18/h3,6,8,14,18,22H,4-5,7,9-13,15-16H2,1-2H3. The predicted octanol–water partition coefficient (Wildman–Crippen LogP) is 0.380. The number of hydrogen-bond donors (Lipinski definition) is 1. The number of nitrogens with zero attached hydrogens (tertiary/aromatic N) is 3. The molecular weight excluding hydrogens is 420 g/mol. The van der Waals surface area contributed by atoms with Crippen molar-refractivity contribution in [3.63, 3.8) is 0 Å². The number of benzene rings is 1. The van der Waals surface area contributed by atoms with Crippen molar-refractivity contribution in [3.8, 4) is 0 Å². The predicted molar refractivity (Wildman–Crippen MR) is 116 cm³/mol. The van der Waals surface area contributed by atoms with Crippen LogP contribution >= 0.6 is 0 Å². The number of hydrogen-bond acceptors (Lipinski definition) is 6. The number of likely N-dealkylation sites (N-methyl/N-ethyl adjacent to an activating group) is 1. The summed E-state index contributed by atoms with van der Waals surface area (Å²) in [6, 6.07) is 6.15. The number of amides is 2. The topological polar surface area (TPSA) is 99.3 Å². The van der Waals surface area contributed by atoms with Gasteiger partial charge in [0.2, 0.25) is 15.9 Å². The van der Waals surface area contributed by atoms with Crippen LogP contribution in [0.25, 0.3) is 0 Å². The molecule has 1 aromatic rings. The highest BCUT2D eigenvalue weighted by molar-refractivity contribution is 7.89. The van der Waals surface area contributed by atoms with Crippen LogP contribution in [-0.2, 0) is 19.6 Å². The molecule has 3 rings (SSSR count). The molecule has 2 aliphatic rings. The van der Waals surface area contributed by atoms with Gasteiger partial charge in [-0.25, -0.2) is 13.1 Å². The second-order valence-electron chi connectivity index (χ2n) is 8.22. The van der Waals surface area contributed by atoms with Crippen LogP contribution in [0.5, 0.6) is 0 Å². The molecule has 0 aromatic heterocycles. The van der Waals surface area contributed by atoms with Crippen molar-refractivity contribution in [2.75, 3.05) is 60.0 Å². The van der Waals surface area contributed by atoms with Gasteiger partial charge in [0.25, 0.3) is 5.91 Å². The minimum Gasteiger partial charge on any atom is -0.377 e. The van der Waals surface area contributed by atoms with E-state index in [1.807, 2.05) is 4.90 Å². The maximum absolute atomic E-state index is 13.0. The Hall–Kier alpha value is -2.01. The SMILES string of the molecule is CN(C)C(=O)CN1CCCN(C(=O)c2cccc(S(=O)(=O)NCC3CCCO3)c2)CC1. The summed E-state index contributed by atoms with van der Waals surface area (Å²) in [6.07, 6.45) is 2.44. The van der Waals surface area contributed by atoms with Crippen molar-refractivity contribution in [2.45, 2.75) is 30.3 Å². The van der Waals surface area contributed by atoms with Gasteiger partial charge in [-0.2, -0.15) is 0 Å². The molecule has 31 heavy (non-hydrogen) atoms. The first-order valence-corrected chi connectivity index (χ1v) is 12.2. The number of sulfonamides is 1. The zero-order valence-corrected chi connectivity index (χ0v) is 19.1. The Morgan fingerprint density at radius 3 is 2.68 bits per heavy atom.